The van der Waals surface area contributed by atoms with Crippen LogP contribution in [0.2, 0.25) is 0 Å². The van der Waals surface area contributed by atoms with Crippen LogP contribution in [-0.2, 0) is 30.5 Å². The molecule has 0 aliphatic carbocycles. The Bertz CT molecular complexity index is 1810. The normalized spacial score (nSPS) is 18.9. The monoisotopic (exact) mass is 591 g/mol. The van der Waals surface area contributed by atoms with Crippen molar-refractivity contribution in [3.63, 3.8) is 0 Å². The topological polar surface area (TPSA) is 178 Å². The Morgan fingerprint density at radius 1 is 1.09 bits per heavy atom. The molecule has 0 atom stereocenters. The third-order valence-electron chi connectivity index (χ3n) is 8.17. The van der Waals surface area contributed by atoms with E-state index in [4.69, 9.17) is 5.10 Å². The van der Waals surface area contributed by atoms with E-state index in [-0.39, 0.29) is 54.5 Å². The molecule has 0 radical (unpaired) electrons. The van der Waals surface area contributed by atoms with Crippen LogP contribution in [-0.4, -0.2) is 85.9 Å². The van der Waals surface area contributed by atoms with E-state index in [1.165, 1.54) is 23.1 Å². The highest BCUT2D eigenvalue weighted by Crippen LogP contribution is 2.41. The van der Waals surface area contributed by atoms with E-state index < -0.39 is 23.6 Å². The van der Waals surface area contributed by atoms with Gasteiger partial charge < -0.3 is 20.5 Å². The summed E-state index contributed by atoms with van der Waals surface area (Å²) in [7, 11) is 0. The minimum atomic E-state index is -1.07. The summed E-state index contributed by atoms with van der Waals surface area (Å²) in [6, 6.07) is 4.69. The largest absolute Gasteiger partial charge is 0.481 e. The molecule has 14 nitrogen and oxygen atoms in total. The van der Waals surface area contributed by atoms with Crippen molar-refractivity contribution >= 4 is 51.9 Å². The van der Waals surface area contributed by atoms with Gasteiger partial charge in [0.15, 0.2) is 5.65 Å². The van der Waals surface area contributed by atoms with Gasteiger partial charge in [0.05, 0.1) is 43.2 Å². The highest BCUT2D eigenvalue weighted by molar-refractivity contribution is 5.99. The number of rotatable bonds is 9. The fourth-order valence-electron chi connectivity index (χ4n) is 6.11. The van der Waals surface area contributed by atoms with Crippen LogP contribution >= 0.6 is 0 Å². The second-order valence-electron chi connectivity index (χ2n) is 10.7. The number of nitrogens with one attached hydrogen (secondary N) is 2. The number of carboxylic acids is 1. The summed E-state index contributed by atoms with van der Waals surface area (Å²) in [6.07, 6.45) is 4.03. The van der Waals surface area contributed by atoms with Crippen LogP contribution in [0.15, 0.2) is 30.6 Å². The van der Waals surface area contributed by atoms with E-state index in [9.17, 15) is 29.1 Å². The first-order valence-corrected chi connectivity index (χ1v) is 13.8. The lowest BCUT2D eigenvalue weighted by Crippen LogP contribution is -2.65. The highest BCUT2D eigenvalue weighted by atomic mass is 19.1. The quantitative estimate of drug-likeness (QED) is 0.187. The maximum Gasteiger partial charge on any atom is 0.340 e. The summed E-state index contributed by atoms with van der Waals surface area (Å²) in [5.41, 5.74) is 2.29. The Morgan fingerprint density at radius 3 is 2.63 bits per heavy atom. The molecular formula is C28H28FN8O6+. The predicted molar refractivity (Wildman–Crippen MR) is 149 cm³/mol. The summed E-state index contributed by atoms with van der Waals surface area (Å²) < 4.78 is 16.9. The van der Waals surface area contributed by atoms with Crippen molar-refractivity contribution < 1.29 is 33.5 Å². The van der Waals surface area contributed by atoms with Crippen LogP contribution in [0, 0.1) is 5.82 Å². The van der Waals surface area contributed by atoms with Crippen LogP contribution in [0.1, 0.15) is 37.3 Å². The molecule has 43 heavy (non-hydrogen) atoms. The Balaban J connectivity index is 1.45. The zero-order valence-electron chi connectivity index (χ0n) is 23.0. The summed E-state index contributed by atoms with van der Waals surface area (Å²) in [5, 5.41) is 24.5. The summed E-state index contributed by atoms with van der Waals surface area (Å²) in [6.45, 7) is -0.123. The molecule has 0 spiro atoms. The SMILES string of the molecule is O=CCNC(=O)CNC(=O)Cn1nc2c3c(ccnc31)-c1cc3c(cnn3[N+]3(C(=O)CCC(=O)O)CCC2CC3)cc1F. The van der Waals surface area contributed by atoms with Crippen molar-refractivity contribution in [3.05, 3.63) is 42.1 Å². The number of halogens is 1. The third kappa shape index (κ3) is 4.90. The molecule has 6 heterocycles. The van der Waals surface area contributed by atoms with E-state index in [0.29, 0.717) is 65.4 Å². The number of quaternary nitrogens is 1. The van der Waals surface area contributed by atoms with Crippen molar-refractivity contribution in [1.82, 2.24) is 39.9 Å². The van der Waals surface area contributed by atoms with Crippen molar-refractivity contribution in [2.24, 2.45) is 0 Å². The molecule has 3 aliphatic heterocycles. The number of carbonyl (C=O) groups excluding carboxylic acids is 4. The Morgan fingerprint density at radius 2 is 1.88 bits per heavy atom. The Kier molecular flexibility index (Phi) is 7.17. The van der Waals surface area contributed by atoms with Gasteiger partial charge in [-0.3, -0.25) is 14.4 Å². The van der Waals surface area contributed by atoms with E-state index in [1.54, 1.807) is 16.9 Å². The molecule has 1 saturated heterocycles. The molecule has 1 fully saturated rings. The first-order valence-electron chi connectivity index (χ1n) is 13.8. The van der Waals surface area contributed by atoms with Crippen LogP contribution < -0.4 is 15.2 Å². The van der Waals surface area contributed by atoms with Crippen molar-refractivity contribution in [2.75, 3.05) is 26.2 Å². The average molecular weight is 592 g/mol. The minimum absolute atomic E-state index is 0.162. The zero-order valence-corrected chi connectivity index (χ0v) is 23.0. The van der Waals surface area contributed by atoms with Gasteiger partial charge in [0.1, 0.15) is 37.3 Å². The molecule has 222 valence electrons. The fraction of sp³-hybridized carbons (Fsp3) is 0.357. The standard InChI is InChI=1S/C28H27FN8O6/c29-20-11-17-13-33-36-21(17)12-19(20)18-3-6-31-28-26(18)27(34-35(28)15-23(40)32-14-22(39)30-7-10-38)16-4-8-37(36,9-5-16)24(41)1-2-25(42)43/h3,6,10-13,16H,1-2,4-5,7-9,14-15H2,(H2-,30,32,39,40,42,43)/p+1. The minimum Gasteiger partial charge on any atom is -0.481 e. The molecule has 3 amide bonds. The number of carboxylic acid groups (broad SMARTS) is 1. The van der Waals surface area contributed by atoms with E-state index >= 15 is 4.39 Å². The summed E-state index contributed by atoms with van der Waals surface area (Å²) in [5.74, 6) is -3.08. The number of aldehydes is 1. The van der Waals surface area contributed by atoms with Gasteiger partial charge in [0, 0.05) is 35.9 Å². The van der Waals surface area contributed by atoms with Gasteiger partial charge in [-0.05, 0) is 23.8 Å². The lowest BCUT2D eigenvalue weighted by molar-refractivity contribution is -0.145. The van der Waals surface area contributed by atoms with E-state index in [1.807, 2.05) is 0 Å². The number of fused-ring (bicyclic) bond motifs is 2. The Hall–Kier alpha value is -5.05. The predicted octanol–water partition coefficient (Wildman–Crippen LogP) is 0.740. The van der Waals surface area contributed by atoms with Crippen LogP contribution in [0.3, 0.4) is 0 Å². The molecular weight excluding hydrogens is 563 g/mol. The van der Waals surface area contributed by atoms with Gasteiger partial charge in [0.25, 0.3) is 0 Å². The maximum absolute atomic E-state index is 15.7. The first kappa shape index (κ1) is 28.1. The molecule has 15 heteroatoms. The fourth-order valence-corrected chi connectivity index (χ4v) is 6.11. The summed E-state index contributed by atoms with van der Waals surface area (Å²) in [4.78, 5) is 66.1. The molecule has 4 aromatic rings. The number of piperidine rings is 1. The number of hydrogen-bond donors (Lipinski definition) is 3. The first-order chi connectivity index (χ1) is 20.7. The summed E-state index contributed by atoms with van der Waals surface area (Å²) >= 11 is 0. The van der Waals surface area contributed by atoms with Gasteiger partial charge in [-0.25, -0.2) is 18.9 Å². The molecule has 7 rings (SSSR count). The van der Waals surface area contributed by atoms with Gasteiger partial charge >= 0.3 is 11.9 Å². The number of hydrogen-bond acceptors (Lipinski definition) is 8. The molecule has 0 unspecified atom stereocenters. The lowest BCUT2D eigenvalue weighted by atomic mass is 9.89. The second-order valence-corrected chi connectivity index (χ2v) is 10.7. The molecule has 3 aromatic heterocycles. The molecule has 0 saturated carbocycles. The number of pyridine rings is 1. The average Bonchev–Trinajstić information content (AvgIpc) is 3.58. The molecule has 1 aromatic carbocycles. The zero-order chi connectivity index (χ0) is 30.3. The number of benzene rings is 1. The van der Waals surface area contributed by atoms with Crippen molar-refractivity contribution in [1.29, 1.82) is 0 Å². The lowest BCUT2D eigenvalue weighted by Gasteiger charge is -2.39. The van der Waals surface area contributed by atoms with Crippen LogP contribution in [0.5, 0.6) is 0 Å². The van der Waals surface area contributed by atoms with Crippen LogP contribution in [0.4, 0.5) is 4.39 Å². The van der Waals surface area contributed by atoms with E-state index in [2.05, 4.69) is 20.7 Å². The van der Waals surface area contributed by atoms with Gasteiger partial charge in [-0.1, -0.05) is 4.79 Å². The molecule has 3 N–H and O–H groups in total. The molecule has 3 aliphatic rings. The smallest absolute Gasteiger partial charge is 0.340 e. The number of aromatic nitrogens is 5. The van der Waals surface area contributed by atoms with Gasteiger partial charge in [-0.15, -0.1) is 9.69 Å². The van der Waals surface area contributed by atoms with E-state index in [0.717, 1.165) is 0 Å². The molecule has 4 bridgehead atoms. The third-order valence-corrected chi connectivity index (χ3v) is 8.17. The highest BCUT2D eigenvalue weighted by Gasteiger charge is 2.46. The van der Waals surface area contributed by atoms with Gasteiger partial charge in [0.2, 0.25) is 11.8 Å². The maximum atomic E-state index is 15.7. The number of carbonyl (C=O) groups is 5. The van der Waals surface area contributed by atoms with Crippen molar-refractivity contribution in [2.45, 2.75) is 38.1 Å². The number of nitrogens with zero attached hydrogens (tertiary/aromatic N) is 6. The second kappa shape index (κ2) is 11.0. The number of aliphatic carboxylic acids is 1. The van der Waals surface area contributed by atoms with Gasteiger partial charge in [-0.2, -0.15) is 5.10 Å². The van der Waals surface area contributed by atoms with Crippen molar-refractivity contribution in [3.8, 4) is 11.1 Å². The van der Waals surface area contributed by atoms with Crippen LogP contribution in [0.25, 0.3) is 33.1 Å². The Labute approximate surface area is 243 Å². The number of amides is 3.